The van der Waals surface area contributed by atoms with Crippen LogP contribution < -0.4 is 10.2 Å². The summed E-state index contributed by atoms with van der Waals surface area (Å²) in [6.45, 7) is 1.85. The van der Waals surface area contributed by atoms with Gasteiger partial charge in [0, 0.05) is 27.2 Å². The van der Waals surface area contributed by atoms with E-state index in [2.05, 4.69) is 28.3 Å². The molecule has 1 N–H and O–H groups in total. The van der Waals surface area contributed by atoms with Gasteiger partial charge in [0.05, 0.1) is 29.9 Å². The first-order valence-electron chi connectivity index (χ1n) is 6.25. The molecular weight excluding hydrogens is 214 g/mol. The van der Waals surface area contributed by atoms with Gasteiger partial charge in [-0.25, -0.2) is 0 Å². The largest absolute Gasteiger partial charge is 0.387 e. The van der Waals surface area contributed by atoms with E-state index in [0.717, 1.165) is 24.5 Å². The summed E-state index contributed by atoms with van der Waals surface area (Å²) in [5.41, 5.74) is 2.17. The van der Waals surface area contributed by atoms with Gasteiger partial charge in [0.2, 0.25) is 0 Å². The first-order valence-corrected chi connectivity index (χ1v) is 6.25. The van der Waals surface area contributed by atoms with E-state index in [1.165, 1.54) is 19.3 Å². The number of ether oxygens (including phenoxy) is 1. The van der Waals surface area contributed by atoms with Gasteiger partial charge in [-0.15, -0.1) is 0 Å². The molecule has 1 aliphatic rings. The number of nitrogens with zero attached hydrogens (tertiary/aromatic N) is 2. The fourth-order valence-electron chi connectivity index (χ4n) is 2.14. The zero-order valence-corrected chi connectivity index (χ0v) is 10.6. The lowest BCUT2D eigenvalue weighted by Gasteiger charge is -2.28. The van der Waals surface area contributed by atoms with Crippen molar-refractivity contribution in [2.75, 3.05) is 37.5 Å². The molecule has 17 heavy (non-hydrogen) atoms. The van der Waals surface area contributed by atoms with Gasteiger partial charge in [-0.1, -0.05) is 0 Å². The standard InChI is InChI=1S/C13H21N3O/c1-14-11-7-12(9-15-8-11)16(2)10-13-5-3-4-6-17-13/h7-9,13-14H,3-6,10H2,1-2H3. The number of hydrogen-bond acceptors (Lipinski definition) is 4. The first-order chi connectivity index (χ1) is 8.29. The van der Waals surface area contributed by atoms with Crippen LogP contribution in [0.5, 0.6) is 0 Å². The molecule has 1 saturated heterocycles. The van der Waals surface area contributed by atoms with Crippen LogP contribution >= 0.6 is 0 Å². The quantitative estimate of drug-likeness (QED) is 0.867. The summed E-state index contributed by atoms with van der Waals surface area (Å²) in [4.78, 5) is 6.44. The summed E-state index contributed by atoms with van der Waals surface area (Å²) < 4.78 is 5.75. The van der Waals surface area contributed by atoms with E-state index >= 15 is 0 Å². The Balaban J connectivity index is 1.95. The average Bonchev–Trinajstić information content (AvgIpc) is 2.40. The summed E-state index contributed by atoms with van der Waals surface area (Å²) in [7, 11) is 4.00. The van der Waals surface area contributed by atoms with Crippen LogP contribution in [-0.4, -0.2) is 38.3 Å². The van der Waals surface area contributed by atoms with Crippen molar-refractivity contribution in [3.05, 3.63) is 18.5 Å². The summed E-state index contributed by atoms with van der Waals surface area (Å²) in [5, 5.41) is 3.11. The Kier molecular flexibility index (Phi) is 4.20. The SMILES string of the molecule is CNc1cncc(N(C)CC2CCCCO2)c1. The molecule has 0 saturated carbocycles. The van der Waals surface area contributed by atoms with Crippen molar-refractivity contribution in [3.63, 3.8) is 0 Å². The van der Waals surface area contributed by atoms with E-state index in [1.54, 1.807) is 0 Å². The van der Waals surface area contributed by atoms with Crippen LogP contribution in [-0.2, 0) is 4.74 Å². The van der Waals surface area contributed by atoms with E-state index < -0.39 is 0 Å². The Morgan fingerprint density at radius 3 is 3.06 bits per heavy atom. The minimum Gasteiger partial charge on any atom is -0.387 e. The molecule has 1 atom stereocenters. The van der Waals surface area contributed by atoms with Crippen molar-refractivity contribution in [1.29, 1.82) is 0 Å². The molecule has 0 bridgehead atoms. The van der Waals surface area contributed by atoms with Gasteiger partial charge in [0.25, 0.3) is 0 Å². The second-order valence-corrected chi connectivity index (χ2v) is 4.55. The van der Waals surface area contributed by atoms with E-state index in [4.69, 9.17) is 4.74 Å². The minimum absolute atomic E-state index is 0.368. The van der Waals surface area contributed by atoms with Gasteiger partial charge >= 0.3 is 0 Å². The van der Waals surface area contributed by atoms with Gasteiger partial charge in [0.15, 0.2) is 0 Å². The molecule has 4 nitrogen and oxygen atoms in total. The minimum atomic E-state index is 0.368. The highest BCUT2D eigenvalue weighted by Crippen LogP contribution is 2.19. The summed E-state index contributed by atoms with van der Waals surface area (Å²) in [6, 6.07) is 2.11. The summed E-state index contributed by atoms with van der Waals surface area (Å²) in [5.74, 6) is 0. The van der Waals surface area contributed by atoms with Crippen LogP contribution in [0.3, 0.4) is 0 Å². The number of aromatic nitrogens is 1. The molecule has 0 amide bonds. The number of anilines is 2. The monoisotopic (exact) mass is 235 g/mol. The zero-order valence-electron chi connectivity index (χ0n) is 10.6. The highest BCUT2D eigenvalue weighted by Gasteiger charge is 2.16. The van der Waals surface area contributed by atoms with Gasteiger partial charge in [-0.05, 0) is 25.3 Å². The molecule has 0 radical (unpaired) electrons. The Labute approximate surface area is 103 Å². The highest BCUT2D eigenvalue weighted by atomic mass is 16.5. The van der Waals surface area contributed by atoms with E-state index in [0.29, 0.717) is 6.10 Å². The van der Waals surface area contributed by atoms with Crippen LogP contribution in [0, 0.1) is 0 Å². The maximum absolute atomic E-state index is 5.75. The second-order valence-electron chi connectivity index (χ2n) is 4.55. The molecule has 1 fully saturated rings. The molecule has 1 unspecified atom stereocenters. The summed E-state index contributed by atoms with van der Waals surface area (Å²) in [6.07, 6.45) is 7.75. The van der Waals surface area contributed by atoms with Gasteiger partial charge in [-0.3, -0.25) is 4.98 Å². The van der Waals surface area contributed by atoms with Crippen LogP contribution in [0.15, 0.2) is 18.5 Å². The number of hydrogen-bond donors (Lipinski definition) is 1. The second kappa shape index (κ2) is 5.87. The van der Waals surface area contributed by atoms with Crippen molar-refractivity contribution in [1.82, 2.24) is 4.98 Å². The topological polar surface area (TPSA) is 37.4 Å². The van der Waals surface area contributed by atoms with Crippen molar-refractivity contribution in [2.45, 2.75) is 25.4 Å². The molecule has 4 heteroatoms. The van der Waals surface area contributed by atoms with Crippen LogP contribution in [0.2, 0.25) is 0 Å². The highest BCUT2D eigenvalue weighted by molar-refractivity contribution is 5.54. The third kappa shape index (κ3) is 3.33. The molecular formula is C13H21N3O. The molecule has 2 heterocycles. The molecule has 0 spiro atoms. The lowest BCUT2D eigenvalue weighted by atomic mass is 10.1. The predicted molar refractivity (Wildman–Crippen MR) is 70.6 cm³/mol. The van der Waals surface area contributed by atoms with Crippen LogP contribution in [0.4, 0.5) is 11.4 Å². The van der Waals surface area contributed by atoms with E-state index in [9.17, 15) is 0 Å². The van der Waals surface area contributed by atoms with Gasteiger partial charge < -0.3 is 15.0 Å². The van der Waals surface area contributed by atoms with Crippen molar-refractivity contribution >= 4 is 11.4 Å². The van der Waals surface area contributed by atoms with E-state index in [-0.39, 0.29) is 0 Å². The Morgan fingerprint density at radius 1 is 1.47 bits per heavy atom. The smallest absolute Gasteiger partial charge is 0.0749 e. The number of pyridine rings is 1. The Morgan fingerprint density at radius 2 is 2.35 bits per heavy atom. The maximum atomic E-state index is 5.75. The van der Waals surface area contributed by atoms with E-state index in [1.807, 2.05) is 19.4 Å². The molecule has 1 aromatic heterocycles. The molecule has 0 aliphatic carbocycles. The normalized spacial score (nSPS) is 20.0. The fraction of sp³-hybridized carbons (Fsp3) is 0.615. The van der Waals surface area contributed by atoms with Crippen molar-refractivity contribution in [3.8, 4) is 0 Å². The molecule has 0 aromatic carbocycles. The maximum Gasteiger partial charge on any atom is 0.0749 e. The lowest BCUT2D eigenvalue weighted by Crippen LogP contribution is -2.33. The molecule has 2 rings (SSSR count). The summed E-state index contributed by atoms with van der Waals surface area (Å²) >= 11 is 0. The molecule has 1 aliphatic heterocycles. The van der Waals surface area contributed by atoms with Crippen molar-refractivity contribution in [2.24, 2.45) is 0 Å². The van der Waals surface area contributed by atoms with Crippen LogP contribution in [0.1, 0.15) is 19.3 Å². The average molecular weight is 235 g/mol. The van der Waals surface area contributed by atoms with Crippen molar-refractivity contribution < 1.29 is 4.74 Å². The first kappa shape index (κ1) is 12.2. The number of likely N-dealkylation sites (N-methyl/N-ethyl adjacent to an activating group) is 1. The number of nitrogens with one attached hydrogen (secondary N) is 1. The molecule has 94 valence electrons. The Hall–Kier alpha value is -1.29. The predicted octanol–water partition coefficient (Wildman–Crippen LogP) is 2.13. The third-order valence-corrected chi connectivity index (χ3v) is 3.20. The third-order valence-electron chi connectivity index (χ3n) is 3.20. The zero-order chi connectivity index (χ0) is 12.1. The number of rotatable bonds is 4. The molecule has 1 aromatic rings. The van der Waals surface area contributed by atoms with Gasteiger partial charge in [-0.2, -0.15) is 0 Å². The lowest BCUT2D eigenvalue weighted by molar-refractivity contribution is 0.0216. The Bertz CT molecular complexity index is 350. The van der Waals surface area contributed by atoms with Gasteiger partial charge in [0.1, 0.15) is 0 Å². The fourth-order valence-corrected chi connectivity index (χ4v) is 2.14. The van der Waals surface area contributed by atoms with Crippen LogP contribution in [0.25, 0.3) is 0 Å².